The van der Waals surface area contributed by atoms with Gasteiger partial charge in [-0.05, 0) is 19.8 Å². The van der Waals surface area contributed by atoms with Crippen LogP contribution in [-0.4, -0.2) is 31.3 Å². The highest BCUT2D eigenvalue weighted by Crippen LogP contribution is 2.27. The van der Waals surface area contributed by atoms with Gasteiger partial charge in [0.25, 0.3) is 0 Å². The van der Waals surface area contributed by atoms with Gasteiger partial charge in [-0.3, -0.25) is 4.79 Å². The lowest BCUT2D eigenvalue weighted by molar-refractivity contribution is -0.158. The molecule has 1 atom stereocenters. The summed E-state index contributed by atoms with van der Waals surface area (Å²) in [6.45, 7) is 2.23. The molecule has 0 saturated heterocycles. The van der Waals surface area contributed by atoms with Crippen molar-refractivity contribution in [1.82, 2.24) is 0 Å². The van der Waals surface area contributed by atoms with Crippen molar-refractivity contribution in [1.29, 1.82) is 0 Å². The molecule has 1 unspecified atom stereocenters. The van der Waals surface area contributed by atoms with Gasteiger partial charge >= 0.3 is 5.97 Å². The SMILES string of the molecule is COCC(C)OC(=O)C1(N)CCCCC1. The van der Waals surface area contributed by atoms with Crippen LogP contribution in [0.2, 0.25) is 0 Å². The van der Waals surface area contributed by atoms with E-state index >= 15 is 0 Å². The van der Waals surface area contributed by atoms with Gasteiger partial charge in [0.15, 0.2) is 0 Å². The molecule has 1 aliphatic carbocycles. The van der Waals surface area contributed by atoms with Crippen LogP contribution in [-0.2, 0) is 14.3 Å². The minimum Gasteiger partial charge on any atom is -0.459 e. The minimum atomic E-state index is -0.750. The fourth-order valence-corrected chi connectivity index (χ4v) is 1.96. The minimum absolute atomic E-state index is 0.218. The number of esters is 1. The second-order valence-electron chi connectivity index (χ2n) is 4.39. The van der Waals surface area contributed by atoms with Gasteiger partial charge < -0.3 is 15.2 Å². The standard InChI is InChI=1S/C11H21NO3/c1-9(8-14-2)15-10(13)11(12)6-4-3-5-7-11/h9H,3-8,12H2,1-2H3. The largest absolute Gasteiger partial charge is 0.459 e. The van der Waals surface area contributed by atoms with Crippen molar-refractivity contribution in [3.05, 3.63) is 0 Å². The Hall–Kier alpha value is -0.610. The normalized spacial score (nSPS) is 22.1. The molecule has 0 aromatic carbocycles. The number of ether oxygens (including phenoxy) is 2. The van der Waals surface area contributed by atoms with E-state index in [9.17, 15) is 4.79 Å². The molecule has 1 saturated carbocycles. The molecule has 4 heteroatoms. The first-order valence-corrected chi connectivity index (χ1v) is 5.57. The van der Waals surface area contributed by atoms with Crippen molar-refractivity contribution in [3.8, 4) is 0 Å². The van der Waals surface area contributed by atoms with E-state index in [2.05, 4.69) is 0 Å². The molecule has 88 valence electrons. The highest BCUT2D eigenvalue weighted by atomic mass is 16.6. The summed E-state index contributed by atoms with van der Waals surface area (Å²) in [7, 11) is 1.59. The van der Waals surface area contributed by atoms with Crippen LogP contribution in [0.25, 0.3) is 0 Å². The van der Waals surface area contributed by atoms with E-state index < -0.39 is 5.54 Å². The Balaban J connectivity index is 2.44. The average molecular weight is 215 g/mol. The second-order valence-corrected chi connectivity index (χ2v) is 4.39. The number of hydrogen-bond donors (Lipinski definition) is 1. The molecule has 1 fully saturated rings. The lowest BCUT2D eigenvalue weighted by atomic mass is 9.83. The monoisotopic (exact) mass is 215 g/mol. The first kappa shape index (κ1) is 12.5. The van der Waals surface area contributed by atoms with E-state index in [1.54, 1.807) is 7.11 Å². The summed E-state index contributed by atoms with van der Waals surface area (Å²) in [5.41, 5.74) is 5.28. The third-order valence-electron chi connectivity index (χ3n) is 2.86. The Labute approximate surface area is 91.1 Å². The van der Waals surface area contributed by atoms with Crippen LogP contribution in [0, 0.1) is 0 Å². The predicted octanol–water partition coefficient (Wildman–Crippen LogP) is 1.23. The molecule has 0 heterocycles. The first-order valence-electron chi connectivity index (χ1n) is 5.57. The van der Waals surface area contributed by atoms with Gasteiger partial charge in [-0.1, -0.05) is 19.3 Å². The number of carbonyl (C=O) groups is 1. The van der Waals surface area contributed by atoms with E-state index in [4.69, 9.17) is 15.2 Å². The maximum absolute atomic E-state index is 11.8. The summed E-state index contributed by atoms with van der Waals surface area (Å²) in [5, 5.41) is 0. The summed E-state index contributed by atoms with van der Waals surface area (Å²) in [6.07, 6.45) is 4.47. The smallest absolute Gasteiger partial charge is 0.326 e. The highest BCUT2D eigenvalue weighted by Gasteiger charge is 2.37. The topological polar surface area (TPSA) is 61.5 Å². The van der Waals surface area contributed by atoms with E-state index in [0.29, 0.717) is 6.61 Å². The second kappa shape index (κ2) is 5.47. The van der Waals surface area contributed by atoms with Gasteiger partial charge in [-0.15, -0.1) is 0 Å². The van der Waals surface area contributed by atoms with Crippen LogP contribution in [0.5, 0.6) is 0 Å². The van der Waals surface area contributed by atoms with Crippen molar-refractivity contribution >= 4 is 5.97 Å². The molecular formula is C11H21NO3. The number of rotatable bonds is 4. The molecule has 0 radical (unpaired) electrons. The van der Waals surface area contributed by atoms with Crippen LogP contribution in [0.3, 0.4) is 0 Å². The summed E-state index contributed by atoms with van der Waals surface area (Å²) in [5.74, 6) is -0.272. The fraction of sp³-hybridized carbons (Fsp3) is 0.909. The molecule has 1 rings (SSSR count). The Kier molecular flexibility index (Phi) is 4.54. The lowest BCUT2D eigenvalue weighted by Gasteiger charge is -2.31. The van der Waals surface area contributed by atoms with E-state index in [1.165, 1.54) is 6.42 Å². The van der Waals surface area contributed by atoms with Gasteiger partial charge in [0, 0.05) is 7.11 Å². The van der Waals surface area contributed by atoms with Gasteiger partial charge in [-0.2, -0.15) is 0 Å². The third kappa shape index (κ3) is 3.47. The fourth-order valence-electron chi connectivity index (χ4n) is 1.96. The third-order valence-corrected chi connectivity index (χ3v) is 2.86. The van der Waals surface area contributed by atoms with E-state index in [1.807, 2.05) is 6.92 Å². The van der Waals surface area contributed by atoms with E-state index in [0.717, 1.165) is 25.7 Å². The molecule has 0 aromatic heterocycles. The Morgan fingerprint density at radius 3 is 2.53 bits per heavy atom. The van der Waals surface area contributed by atoms with Crippen molar-refractivity contribution in [2.75, 3.05) is 13.7 Å². The average Bonchev–Trinajstić information content (AvgIpc) is 2.19. The summed E-state index contributed by atoms with van der Waals surface area (Å²) in [4.78, 5) is 11.8. The van der Waals surface area contributed by atoms with Crippen molar-refractivity contribution in [3.63, 3.8) is 0 Å². The zero-order valence-corrected chi connectivity index (χ0v) is 9.62. The lowest BCUT2D eigenvalue weighted by Crippen LogP contribution is -2.51. The maximum atomic E-state index is 11.8. The van der Waals surface area contributed by atoms with Gasteiger partial charge in [0.1, 0.15) is 11.6 Å². The molecular weight excluding hydrogens is 194 g/mol. The van der Waals surface area contributed by atoms with Gasteiger partial charge in [0.2, 0.25) is 0 Å². The van der Waals surface area contributed by atoms with Crippen LogP contribution in [0.1, 0.15) is 39.0 Å². The zero-order valence-electron chi connectivity index (χ0n) is 9.62. The predicted molar refractivity (Wildman–Crippen MR) is 57.4 cm³/mol. The number of methoxy groups -OCH3 is 1. The summed E-state index contributed by atoms with van der Waals surface area (Å²) in [6, 6.07) is 0. The van der Waals surface area contributed by atoms with E-state index in [-0.39, 0.29) is 12.1 Å². The molecule has 0 aromatic rings. The van der Waals surface area contributed by atoms with Crippen molar-refractivity contribution in [2.24, 2.45) is 5.73 Å². The molecule has 2 N–H and O–H groups in total. The maximum Gasteiger partial charge on any atom is 0.326 e. The molecule has 15 heavy (non-hydrogen) atoms. The van der Waals surface area contributed by atoms with Crippen LogP contribution in [0.15, 0.2) is 0 Å². The molecule has 1 aliphatic rings. The first-order chi connectivity index (χ1) is 7.08. The van der Waals surface area contributed by atoms with Crippen LogP contribution < -0.4 is 5.73 Å². The summed E-state index contributed by atoms with van der Waals surface area (Å²) < 4.78 is 10.2. The van der Waals surface area contributed by atoms with Gasteiger partial charge in [-0.25, -0.2) is 0 Å². The van der Waals surface area contributed by atoms with Crippen molar-refractivity contribution in [2.45, 2.75) is 50.7 Å². The van der Waals surface area contributed by atoms with Crippen LogP contribution >= 0.6 is 0 Å². The molecule has 4 nitrogen and oxygen atoms in total. The number of nitrogens with two attached hydrogens (primary N) is 1. The number of hydrogen-bond acceptors (Lipinski definition) is 4. The highest BCUT2D eigenvalue weighted by molar-refractivity contribution is 5.80. The Morgan fingerprint density at radius 2 is 2.00 bits per heavy atom. The molecule has 0 amide bonds. The number of carbonyl (C=O) groups excluding carboxylic acids is 1. The Bertz CT molecular complexity index is 212. The Morgan fingerprint density at radius 1 is 1.40 bits per heavy atom. The summed E-state index contributed by atoms with van der Waals surface area (Å²) >= 11 is 0. The zero-order chi connectivity index (χ0) is 11.3. The molecule has 0 spiro atoms. The molecule has 0 aliphatic heterocycles. The van der Waals surface area contributed by atoms with Crippen molar-refractivity contribution < 1.29 is 14.3 Å². The van der Waals surface area contributed by atoms with Gasteiger partial charge in [0.05, 0.1) is 6.61 Å². The quantitative estimate of drug-likeness (QED) is 0.716. The van der Waals surface area contributed by atoms with Crippen LogP contribution in [0.4, 0.5) is 0 Å². The molecule has 0 bridgehead atoms.